The van der Waals surface area contributed by atoms with Crippen molar-refractivity contribution >= 4 is 29.1 Å². The number of benzene rings is 2. The second-order valence-electron chi connectivity index (χ2n) is 7.59. The van der Waals surface area contributed by atoms with E-state index in [1.165, 1.54) is 0 Å². The number of ether oxygens (including phenoxy) is 3. The highest BCUT2D eigenvalue weighted by Crippen LogP contribution is 2.39. The fourth-order valence-corrected chi connectivity index (χ4v) is 3.91. The van der Waals surface area contributed by atoms with Gasteiger partial charge in [0, 0.05) is 30.7 Å². The molecule has 3 heterocycles. The molecule has 0 bridgehead atoms. The van der Waals surface area contributed by atoms with E-state index in [0.29, 0.717) is 53.0 Å². The van der Waals surface area contributed by atoms with Crippen molar-refractivity contribution < 1.29 is 23.8 Å². The summed E-state index contributed by atoms with van der Waals surface area (Å²) >= 11 is 6.18. The van der Waals surface area contributed by atoms with E-state index in [1.54, 1.807) is 41.4 Å². The van der Waals surface area contributed by atoms with Crippen LogP contribution in [0.25, 0.3) is 0 Å². The van der Waals surface area contributed by atoms with E-state index < -0.39 is 0 Å². The summed E-state index contributed by atoms with van der Waals surface area (Å²) in [6, 6.07) is 14.0. The fraction of sp³-hybridized carbons (Fsp3) is 0.208. The van der Waals surface area contributed by atoms with Crippen LogP contribution in [-0.4, -0.2) is 30.1 Å². The second-order valence-corrected chi connectivity index (χ2v) is 8.03. The van der Waals surface area contributed by atoms with Crippen LogP contribution in [0.1, 0.15) is 28.8 Å². The Labute approximate surface area is 195 Å². The highest BCUT2D eigenvalue weighted by Gasteiger charge is 2.29. The minimum Gasteiger partial charge on any atom is -0.454 e. The molecular formula is C24H20ClN3O5. The van der Waals surface area contributed by atoms with E-state index in [-0.39, 0.29) is 30.9 Å². The van der Waals surface area contributed by atoms with Crippen LogP contribution < -0.4 is 24.4 Å². The number of hydrogen-bond acceptors (Lipinski definition) is 6. The molecule has 33 heavy (non-hydrogen) atoms. The number of nitrogens with one attached hydrogen (secondary N) is 1. The maximum atomic E-state index is 13.2. The summed E-state index contributed by atoms with van der Waals surface area (Å²) in [5.74, 6) is 1.75. The third-order valence-electron chi connectivity index (χ3n) is 5.38. The predicted octanol–water partition coefficient (Wildman–Crippen LogP) is 4.31. The molecule has 9 heteroatoms. The third-order valence-corrected chi connectivity index (χ3v) is 5.61. The molecular weight excluding hydrogens is 446 g/mol. The Hall–Kier alpha value is -3.78. The lowest BCUT2D eigenvalue weighted by Gasteiger charge is -2.22. The molecule has 8 nitrogen and oxygen atoms in total. The monoisotopic (exact) mass is 465 g/mol. The van der Waals surface area contributed by atoms with Gasteiger partial charge in [-0.25, -0.2) is 4.98 Å². The number of carbonyl (C=O) groups excluding carboxylic acids is 2. The quantitative estimate of drug-likeness (QED) is 0.583. The summed E-state index contributed by atoms with van der Waals surface area (Å²) in [7, 11) is 0. The van der Waals surface area contributed by atoms with Gasteiger partial charge in [-0.1, -0.05) is 17.7 Å². The van der Waals surface area contributed by atoms with Crippen LogP contribution in [0.3, 0.4) is 0 Å². The van der Waals surface area contributed by atoms with E-state index in [1.807, 2.05) is 18.2 Å². The number of aromatic nitrogens is 1. The van der Waals surface area contributed by atoms with Gasteiger partial charge in [-0.15, -0.1) is 0 Å². The number of carbonyl (C=O) groups is 2. The molecule has 3 aromatic rings. The molecule has 0 fully saturated rings. The smallest absolute Gasteiger partial charge is 0.263 e. The minimum atomic E-state index is -0.250. The summed E-state index contributed by atoms with van der Waals surface area (Å²) in [4.78, 5) is 31.4. The van der Waals surface area contributed by atoms with Gasteiger partial charge in [-0.2, -0.15) is 0 Å². The van der Waals surface area contributed by atoms with E-state index in [4.69, 9.17) is 25.8 Å². The Morgan fingerprint density at radius 2 is 1.94 bits per heavy atom. The summed E-state index contributed by atoms with van der Waals surface area (Å²) in [5.41, 5.74) is 1.82. The van der Waals surface area contributed by atoms with Crippen LogP contribution >= 0.6 is 11.6 Å². The summed E-state index contributed by atoms with van der Waals surface area (Å²) in [5, 5.41) is 3.38. The second kappa shape index (κ2) is 8.99. The molecule has 1 N–H and O–H groups in total. The zero-order valence-corrected chi connectivity index (χ0v) is 18.3. The Kier molecular flexibility index (Phi) is 5.75. The Bertz CT molecular complexity index is 1230. The number of rotatable bonds is 6. The highest BCUT2D eigenvalue weighted by molar-refractivity contribution is 6.31. The maximum absolute atomic E-state index is 13.2. The molecule has 0 unspecified atom stereocenters. The van der Waals surface area contributed by atoms with Crippen LogP contribution in [0.4, 0.5) is 5.69 Å². The molecule has 0 atom stereocenters. The number of pyridine rings is 1. The molecule has 0 saturated heterocycles. The van der Waals surface area contributed by atoms with Crippen molar-refractivity contribution in [3.63, 3.8) is 0 Å². The molecule has 2 aliphatic rings. The average Bonchev–Trinajstić information content (AvgIpc) is 3.25. The van der Waals surface area contributed by atoms with E-state index >= 15 is 0 Å². The maximum Gasteiger partial charge on any atom is 0.263 e. The Morgan fingerprint density at radius 1 is 1.09 bits per heavy atom. The number of amides is 2. The first-order valence-electron chi connectivity index (χ1n) is 10.5. The van der Waals surface area contributed by atoms with Crippen molar-refractivity contribution in [3.8, 4) is 23.1 Å². The largest absolute Gasteiger partial charge is 0.454 e. The standard InChI is InChI=1S/C24H20ClN3O5/c25-16-6-8-19-18(12-16)28(24(30)17-3-1-9-26-23(17)33-19)10-2-4-22(29)27-13-15-5-7-20-21(11-15)32-14-31-20/h1,3,5-9,11-12H,2,4,10,13-14H2,(H,27,29). The van der Waals surface area contributed by atoms with Crippen LogP contribution in [0.2, 0.25) is 5.02 Å². The van der Waals surface area contributed by atoms with Crippen LogP contribution in [0.15, 0.2) is 54.7 Å². The number of fused-ring (bicyclic) bond motifs is 3. The lowest BCUT2D eigenvalue weighted by Crippen LogP contribution is -2.32. The molecule has 0 radical (unpaired) electrons. The zero-order chi connectivity index (χ0) is 22.8. The Balaban J connectivity index is 1.23. The van der Waals surface area contributed by atoms with E-state index in [0.717, 1.165) is 5.56 Å². The zero-order valence-electron chi connectivity index (χ0n) is 17.5. The lowest BCUT2D eigenvalue weighted by atomic mass is 10.1. The predicted molar refractivity (Wildman–Crippen MR) is 121 cm³/mol. The van der Waals surface area contributed by atoms with Gasteiger partial charge in [0.1, 0.15) is 5.56 Å². The molecule has 5 rings (SSSR count). The van der Waals surface area contributed by atoms with Gasteiger partial charge in [0.15, 0.2) is 17.2 Å². The lowest BCUT2D eigenvalue weighted by molar-refractivity contribution is -0.121. The number of hydrogen-bond donors (Lipinski definition) is 1. The Morgan fingerprint density at radius 3 is 2.85 bits per heavy atom. The fourth-order valence-electron chi connectivity index (χ4n) is 3.74. The van der Waals surface area contributed by atoms with Crippen LogP contribution in [0.5, 0.6) is 23.1 Å². The van der Waals surface area contributed by atoms with Crippen molar-refractivity contribution in [1.29, 1.82) is 0 Å². The molecule has 0 aliphatic carbocycles. The van der Waals surface area contributed by atoms with Gasteiger partial charge in [0.2, 0.25) is 18.6 Å². The normalized spacial score (nSPS) is 13.6. The van der Waals surface area contributed by atoms with Crippen molar-refractivity contribution in [1.82, 2.24) is 10.3 Å². The van der Waals surface area contributed by atoms with Crippen LogP contribution in [-0.2, 0) is 11.3 Å². The number of halogens is 1. The third kappa shape index (κ3) is 4.42. The van der Waals surface area contributed by atoms with Crippen molar-refractivity contribution in [2.24, 2.45) is 0 Å². The van der Waals surface area contributed by atoms with E-state index in [9.17, 15) is 9.59 Å². The molecule has 2 amide bonds. The van der Waals surface area contributed by atoms with Crippen molar-refractivity contribution in [2.45, 2.75) is 19.4 Å². The first-order chi connectivity index (χ1) is 16.1. The first kappa shape index (κ1) is 21.1. The molecule has 0 saturated carbocycles. The van der Waals surface area contributed by atoms with Crippen molar-refractivity contribution in [3.05, 3.63) is 70.9 Å². The first-order valence-corrected chi connectivity index (χ1v) is 10.9. The summed E-state index contributed by atoms with van der Waals surface area (Å²) < 4.78 is 16.5. The van der Waals surface area contributed by atoms with Gasteiger partial charge in [-0.05, 0) is 54.4 Å². The van der Waals surface area contributed by atoms with Gasteiger partial charge < -0.3 is 24.4 Å². The van der Waals surface area contributed by atoms with Gasteiger partial charge in [0.05, 0.1) is 5.69 Å². The summed E-state index contributed by atoms with van der Waals surface area (Å²) in [6.07, 6.45) is 2.28. The molecule has 2 aromatic carbocycles. The highest BCUT2D eigenvalue weighted by atomic mass is 35.5. The van der Waals surface area contributed by atoms with Crippen LogP contribution in [0, 0.1) is 0 Å². The van der Waals surface area contributed by atoms with Crippen molar-refractivity contribution in [2.75, 3.05) is 18.2 Å². The topological polar surface area (TPSA) is 90.0 Å². The number of nitrogens with zero attached hydrogens (tertiary/aromatic N) is 2. The summed E-state index contributed by atoms with van der Waals surface area (Å²) in [6.45, 7) is 0.908. The molecule has 168 valence electrons. The molecule has 2 aliphatic heterocycles. The molecule has 1 aromatic heterocycles. The molecule has 0 spiro atoms. The average molecular weight is 466 g/mol. The number of anilines is 1. The van der Waals surface area contributed by atoms with E-state index in [2.05, 4.69) is 10.3 Å². The minimum absolute atomic E-state index is 0.112. The van der Waals surface area contributed by atoms with Gasteiger partial charge in [-0.3, -0.25) is 9.59 Å². The van der Waals surface area contributed by atoms with Gasteiger partial charge in [0.25, 0.3) is 5.91 Å². The SMILES string of the molecule is O=C(CCCN1C(=O)c2cccnc2Oc2ccc(Cl)cc21)NCc1ccc2c(c1)OCO2. The van der Waals surface area contributed by atoms with Gasteiger partial charge >= 0.3 is 0 Å².